The number of pyridine rings is 1. The predicted octanol–water partition coefficient (Wildman–Crippen LogP) is 3.19. The standard InChI is InChI=1S/C24H31N5O5/c1-15-19(34-14-23-11-24(12-23,13-23)21(30)31)8-7-17(25-15)20-18(29(3)27-26-20)10-33-22(32)28(2)9-16-5-4-6-16/h7-8,16H,4-6,9-14H2,1-3H3,(H,30,31). The highest BCUT2D eigenvalue weighted by Gasteiger charge is 2.72. The zero-order valence-electron chi connectivity index (χ0n) is 19.9. The van der Waals surface area contributed by atoms with Crippen molar-refractivity contribution in [2.45, 2.75) is 52.1 Å². The van der Waals surface area contributed by atoms with Gasteiger partial charge < -0.3 is 19.5 Å². The van der Waals surface area contributed by atoms with Gasteiger partial charge >= 0.3 is 12.1 Å². The summed E-state index contributed by atoms with van der Waals surface area (Å²) >= 11 is 0. The van der Waals surface area contributed by atoms with Crippen molar-refractivity contribution in [1.82, 2.24) is 24.9 Å². The Balaban J connectivity index is 1.20. The van der Waals surface area contributed by atoms with Crippen LogP contribution in [0.15, 0.2) is 12.1 Å². The number of carbonyl (C=O) groups is 2. The Morgan fingerprint density at radius 1 is 1.26 bits per heavy atom. The quantitative estimate of drug-likeness (QED) is 0.595. The van der Waals surface area contributed by atoms with Crippen LogP contribution in [0.3, 0.4) is 0 Å². The molecule has 4 aliphatic rings. The highest BCUT2D eigenvalue weighted by Crippen LogP contribution is 2.73. The average Bonchev–Trinajstić information content (AvgIpc) is 3.07. The van der Waals surface area contributed by atoms with E-state index in [0.29, 0.717) is 60.3 Å². The lowest BCUT2D eigenvalue weighted by Gasteiger charge is -2.67. The van der Waals surface area contributed by atoms with E-state index >= 15 is 0 Å². The maximum absolute atomic E-state index is 12.4. The smallest absolute Gasteiger partial charge is 0.409 e. The van der Waals surface area contributed by atoms with Gasteiger partial charge in [0.2, 0.25) is 0 Å². The number of rotatable bonds is 9. The zero-order chi connectivity index (χ0) is 24.1. The fourth-order valence-electron chi connectivity index (χ4n) is 5.56. The summed E-state index contributed by atoms with van der Waals surface area (Å²) in [6, 6.07) is 3.67. The molecule has 1 N–H and O–H groups in total. The number of aliphatic carboxylic acids is 1. The highest BCUT2D eigenvalue weighted by atomic mass is 16.6. The number of hydrogen-bond acceptors (Lipinski definition) is 7. The second-order valence-electron chi connectivity index (χ2n) is 10.4. The van der Waals surface area contributed by atoms with Crippen molar-refractivity contribution in [3.8, 4) is 17.1 Å². The van der Waals surface area contributed by atoms with Crippen LogP contribution in [0.25, 0.3) is 11.4 Å². The Hall–Kier alpha value is -3.17. The summed E-state index contributed by atoms with van der Waals surface area (Å²) in [6.45, 7) is 3.14. The molecular weight excluding hydrogens is 438 g/mol. The predicted molar refractivity (Wildman–Crippen MR) is 121 cm³/mol. The maximum Gasteiger partial charge on any atom is 0.409 e. The number of aromatic nitrogens is 4. The van der Waals surface area contributed by atoms with Crippen LogP contribution in [-0.4, -0.2) is 62.2 Å². The Morgan fingerprint density at radius 2 is 2.00 bits per heavy atom. The fourth-order valence-corrected chi connectivity index (χ4v) is 5.56. The maximum atomic E-state index is 12.4. The molecule has 182 valence electrons. The van der Waals surface area contributed by atoms with E-state index < -0.39 is 11.4 Å². The summed E-state index contributed by atoms with van der Waals surface area (Å²) in [5.41, 5.74) is 2.07. The van der Waals surface area contributed by atoms with Gasteiger partial charge in [0.05, 0.1) is 23.4 Å². The van der Waals surface area contributed by atoms with Crippen LogP contribution < -0.4 is 4.74 Å². The van der Waals surface area contributed by atoms with E-state index in [-0.39, 0.29) is 18.1 Å². The van der Waals surface area contributed by atoms with Crippen molar-refractivity contribution in [1.29, 1.82) is 0 Å². The van der Waals surface area contributed by atoms with Gasteiger partial charge in [0, 0.05) is 26.1 Å². The number of ether oxygens (including phenoxy) is 2. The summed E-state index contributed by atoms with van der Waals surface area (Å²) in [7, 11) is 3.52. The molecule has 0 spiro atoms. The van der Waals surface area contributed by atoms with Gasteiger partial charge in [0.1, 0.15) is 23.7 Å². The minimum Gasteiger partial charge on any atom is -0.491 e. The summed E-state index contributed by atoms with van der Waals surface area (Å²) < 4.78 is 13.1. The fraction of sp³-hybridized carbons (Fsp3) is 0.625. The second-order valence-corrected chi connectivity index (χ2v) is 10.4. The minimum atomic E-state index is -0.688. The molecule has 0 atom stereocenters. The number of amides is 1. The number of aryl methyl sites for hydroxylation is 2. The van der Waals surface area contributed by atoms with E-state index in [9.17, 15) is 14.7 Å². The lowest BCUT2D eigenvalue weighted by atomic mass is 9.35. The van der Waals surface area contributed by atoms with Gasteiger partial charge in [-0.1, -0.05) is 11.6 Å². The van der Waals surface area contributed by atoms with E-state index in [1.807, 2.05) is 19.1 Å². The molecule has 0 aromatic carbocycles. The Labute approximate surface area is 198 Å². The number of hydrogen-bond donors (Lipinski definition) is 1. The number of carboxylic acid groups (broad SMARTS) is 1. The van der Waals surface area contributed by atoms with Gasteiger partial charge in [0.25, 0.3) is 0 Å². The van der Waals surface area contributed by atoms with E-state index in [0.717, 1.165) is 6.54 Å². The summed E-state index contributed by atoms with van der Waals surface area (Å²) in [4.78, 5) is 30.0. The Bertz CT molecular complexity index is 1110. The number of carbonyl (C=O) groups excluding carboxylic acids is 1. The molecule has 0 unspecified atom stereocenters. The monoisotopic (exact) mass is 469 g/mol. The van der Waals surface area contributed by atoms with Crippen molar-refractivity contribution in [2.75, 3.05) is 20.2 Å². The molecule has 2 aromatic heterocycles. The first-order valence-electron chi connectivity index (χ1n) is 11.8. The van der Waals surface area contributed by atoms with Crippen molar-refractivity contribution in [3.05, 3.63) is 23.5 Å². The van der Waals surface area contributed by atoms with Crippen molar-refractivity contribution >= 4 is 12.1 Å². The topological polar surface area (TPSA) is 120 Å². The third-order valence-corrected chi connectivity index (χ3v) is 7.75. The largest absolute Gasteiger partial charge is 0.491 e. The molecule has 4 fully saturated rings. The summed E-state index contributed by atoms with van der Waals surface area (Å²) in [5, 5.41) is 17.6. The van der Waals surface area contributed by atoms with E-state index in [4.69, 9.17) is 9.47 Å². The molecular formula is C24H31N5O5. The number of carboxylic acids is 1. The molecule has 34 heavy (non-hydrogen) atoms. The lowest BCUT2D eigenvalue weighted by molar-refractivity contribution is -0.231. The van der Waals surface area contributed by atoms with Crippen molar-refractivity contribution in [3.63, 3.8) is 0 Å². The second kappa shape index (κ2) is 8.25. The molecule has 4 saturated carbocycles. The van der Waals surface area contributed by atoms with Gasteiger partial charge in [0.15, 0.2) is 0 Å². The highest BCUT2D eigenvalue weighted by molar-refractivity contribution is 5.79. The molecule has 1 amide bonds. The summed E-state index contributed by atoms with van der Waals surface area (Å²) in [5.74, 6) is 0.562. The van der Waals surface area contributed by atoms with E-state index in [1.54, 1.807) is 23.7 Å². The van der Waals surface area contributed by atoms with Crippen molar-refractivity contribution in [2.24, 2.45) is 23.8 Å². The summed E-state index contributed by atoms with van der Waals surface area (Å²) in [6.07, 6.45) is 5.29. The number of nitrogens with zero attached hydrogens (tertiary/aromatic N) is 5. The van der Waals surface area contributed by atoms with Crippen molar-refractivity contribution < 1.29 is 24.2 Å². The van der Waals surface area contributed by atoms with Crippen LogP contribution in [0.5, 0.6) is 5.75 Å². The SMILES string of the molecule is Cc1nc(-c2nnn(C)c2COC(=O)N(C)CC2CCC2)ccc1OCC12CC(C(=O)O)(C1)C2. The molecule has 6 rings (SSSR count). The first-order valence-corrected chi connectivity index (χ1v) is 11.8. The Morgan fingerprint density at radius 3 is 2.62 bits per heavy atom. The van der Waals surface area contributed by atoms with Crippen LogP contribution in [0.2, 0.25) is 0 Å². The molecule has 2 heterocycles. The molecule has 2 aromatic rings. The van der Waals surface area contributed by atoms with Gasteiger partial charge in [-0.05, 0) is 57.1 Å². The van der Waals surface area contributed by atoms with Gasteiger partial charge in [-0.2, -0.15) is 0 Å². The molecule has 10 heteroatoms. The Kier molecular flexibility index (Phi) is 5.49. The van der Waals surface area contributed by atoms with Gasteiger partial charge in [-0.3, -0.25) is 4.79 Å². The van der Waals surface area contributed by atoms with Crippen LogP contribution >= 0.6 is 0 Å². The van der Waals surface area contributed by atoms with E-state index in [1.165, 1.54) is 19.3 Å². The third kappa shape index (κ3) is 3.88. The molecule has 2 bridgehead atoms. The van der Waals surface area contributed by atoms with E-state index in [2.05, 4.69) is 15.3 Å². The zero-order valence-corrected chi connectivity index (χ0v) is 19.9. The normalized spacial score (nSPS) is 25.0. The molecule has 0 saturated heterocycles. The molecule has 10 nitrogen and oxygen atoms in total. The lowest BCUT2D eigenvalue weighted by Crippen LogP contribution is -2.67. The van der Waals surface area contributed by atoms with Gasteiger partial charge in [-0.25, -0.2) is 14.5 Å². The van der Waals surface area contributed by atoms with Crippen LogP contribution in [0, 0.1) is 23.7 Å². The molecule has 4 aliphatic carbocycles. The van der Waals surface area contributed by atoms with Crippen LogP contribution in [0.4, 0.5) is 4.79 Å². The third-order valence-electron chi connectivity index (χ3n) is 7.75. The van der Waals surface area contributed by atoms with Gasteiger partial charge in [-0.15, -0.1) is 5.10 Å². The van der Waals surface area contributed by atoms with Crippen LogP contribution in [-0.2, 0) is 23.2 Å². The molecule has 0 aliphatic heterocycles. The molecule has 0 radical (unpaired) electrons. The average molecular weight is 470 g/mol. The van der Waals surface area contributed by atoms with Crippen LogP contribution in [0.1, 0.15) is 49.9 Å². The first-order chi connectivity index (χ1) is 16.2. The first kappa shape index (κ1) is 22.6. The minimum absolute atomic E-state index is 0.00273.